The van der Waals surface area contributed by atoms with Crippen molar-refractivity contribution in [3.8, 4) is 68.5 Å². The Morgan fingerprint density at radius 1 is 0.281 bits per heavy atom. The van der Waals surface area contributed by atoms with Gasteiger partial charge in [-0.15, -0.1) is 0 Å². The van der Waals surface area contributed by atoms with E-state index in [0.717, 1.165) is 83.0 Å². The average Bonchev–Trinajstić information content (AvgIpc) is 0.776. The van der Waals surface area contributed by atoms with Gasteiger partial charge in [0.05, 0.1) is 25.6 Å². The monoisotopic (exact) mass is 1620 g/mol. The number of hydrogen-bond acceptors (Lipinski definition) is 6. The van der Waals surface area contributed by atoms with Gasteiger partial charge in [-0.1, -0.05) is 331 Å². The quantitative estimate of drug-likeness (QED) is 0.116. The molecule has 2 N–H and O–H groups in total. The summed E-state index contributed by atoms with van der Waals surface area (Å²) < 4.78 is 32.9. The highest BCUT2D eigenvalue weighted by atomic mass is 127. The first kappa shape index (κ1) is 70.6. The highest BCUT2D eigenvalue weighted by molar-refractivity contribution is 14.1. The molecule has 6 heterocycles. The lowest BCUT2D eigenvalue weighted by Crippen LogP contribution is -2.76. The van der Waals surface area contributed by atoms with E-state index >= 15 is 0 Å². The second-order valence-electron chi connectivity index (χ2n) is 30.8. The van der Waals surface area contributed by atoms with Crippen molar-refractivity contribution in [2.24, 2.45) is 0 Å². The molecule has 0 saturated carbocycles. The van der Waals surface area contributed by atoms with E-state index in [-0.39, 0.29) is 10.8 Å². The van der Waals surface area contributed by atoms with Crippen LogP contribution in [-0.4, -0.2) is 42.4 Å². The fourth-order valence-corrected chi connectivity index (χ4v) is 29.7. The van der Waals surface area contributed by atoms with Crippen molar-refractivity contribution in [2.75, 3.05) is 0 Å². The number of ether oxygens (including phenoxy) is 4. The summed E-state index contributed by atoms with van der Waals surface area (Å²) in [4.78, 5) is 0. The first-order valence-corrected chi connectivity index (χ1v) is 43.9. The van der Waals surface area contributed by atoms with Crippen molar-refractivity contribution in [1.29, 1.82) is 0 Å². The molecule has 0 bridgehead atoms. The van der Waals surface area contributed by atoms with Gasteiger partial charge in [0.25, 0.3) is 0 Å². The van der Waals surface area contributed by atoms with Gasteiger partial charge in [0, 0.05) is 87.8 Å². The SMILES string of the molecule is CC1(C)c2ccccc2Oc2c(-c3cc(-n4c5ccccc5c5ccccc54)cc4c3Oc3ccccc3[Si]4(c3ccccc3)c3ccccc3)cccc21.CC1(C)c2ccccc2Oc2c(B(O)O)cccc21.Ic1cc(-n2c3ccccc3c3ccccc32)cc2c1Oc1ccccc1[Si]2(c1ccccc1)c1ccccc1. The number of benzene rings is 16. The van der Waals surface area contributed by atoms with Crippen molar-refractivity contribution in [3.05, 3.63) is 402 Å². The number of halogens is 1. The number of hydrogen-bond donors (Lipinski definition) is 2. The summed E-state index contributed by atoms with van der Waals surface area (Å²) in [6.45, 7) is 8.83. The summed E-state index contributed by atoms with van der Waals surface area (Å²) in [5, 5.41) is 34.3. The zero-order valence-electron chi connectivity index (χ0n) is 63.2. The van der Waals surface area contributed by atoms with Crippen LogP contribution >= 0.6 is 22.6 Å². The van der Waals surface area contributed by atoms with Crippen LogP contribution in [0.5, 0.6) is 46.0 Å². The van der Waals surface area contributed by atoms with Gasteiger partial charge in [-0.05, 0) is 132 Å². The molecule has 0 radical (unpaired) electrons. The lowest BCUT2D eigenvalue weighted by molar-refractivity contribution is 0.405. The minimum Gasteiger partial charge on any atom is -0.457 e. The van der Waals surface area contributed by atoms with E-state index in [1.165, 1.54) is 90.7 Å². The highest BCUT2D eigenvalue weighted by Crippen LogP contribution is 2.54. The van der Waals surface area contributed by atoms with Crippen molar-refractivity contribution >= 4 is 136 Å². The second kappa shape index (κ2) is 28.0. The van der Waals surface area contributed by atoms with E-state index in [9.17, 15) is 10.0 Å². The number of nitrogens with zero attached hydrogens (tertiary/aromatic N) is 2. The molecule has 0 saturated heterocycles. The minimum atomic E-state index is -3.02. The largest absolute Gasteiger partial charge is 0.492 e. The molecule has 0 spiro atoms. The molecule has 12 heteroatoms. The Morgan fingerprint density at radius 2 is 0.605 bits per heavy atom. The summed E-state index contributed by atoms with van der Waals surface area (Å²) >= 11 is 2.48. The van der Waals surface area contributed by atoms with Gasteiger partial charge < -0.3 is 38.1 Å². The van der Waals surface area contributed by atoms with E-state index in [4.69, 9.17) is 18.9 Å². The van der Waals surface area contributed by atoms with E-state index in [2.05, 4.69) is 393 Å². The molecule has 4 aliphatic rings. The zero-order chi connectivity index (χ0) is 77.0. The Morgan fingerprint density at radius 3 is 1.04 bits per heavy atom. The first-order chi connectivity index (χ1) is 55.8. The van der Waals surface area contributed by atoms with Crippen LogP contribution in [0.1, 0.15) is 49.9 Å². The van der Waals surface area contributed by atoms with Crippen LogP contribution in [0.2, 0.25) is 0 Å². The topological polar surface area (TPSA) is 87.2 Å². The summed E-state index contributed by atoms with van der Waals surface area (Å²) in [6, 6.07) is 135. The second-order valence-corrected chi connectivity index (χ2v) is 39.4. The van der Waals surface area contributed by atoms with Crippen LogP contribution in [0.15, 0.2) is 376 Å². The zero-order valence-corrected chi connectivity index (χ0v) is 67.3. The van der Waals surface area contributed by atoms with Crippen molar-refractivity contribution in [1.82, 2.24) is 9.13 Å². The maximum absolute atomic E-state index is 9.47. The van der Waals surface area contributed by atoms with Gasteiger partial charge in [-0.2, -0.15) is 0 Å². The average molecular weight is 1620 g/mol. The predicted molar refractivity (Wildman–Crippen MR) is 481 cm³/mol. The van der Waals surface area contributed by atoms with Crippen LogP contribution in [0.4, 0.5) is 0 Å². The highest BCUT2D eigenvalue weighted by Gasteiger charge is 2.51. The van der Waals surface area contributed by atoms with Gasteiger partial charge in [0.1, 0.15) is 46.0 Å². The molecular weight excluding hydrogens is 1540 g/mol. The molecule has 22 rings (SSSR count). The van der Waals surface area contributed by atoms with Crippen LogP contribution in [-0.2, 0) is 10.8 Å². The molecular formula is C102H76BIN2O6Si2. The summed E-state index contributed by atoms with van der Waals surface area (Å²) in [5.41, 5.74) is 13.4. The molecule has 8 nitrogen and oxygen atoms in total. The molecule has 0 amide bonds. The van der Waals surface area contributed by atoms with Crippen LogP contribution in [0.3, 0.4) is 0 Å². The molecule has 0 atom stereocenters. The molecule has 0 unspecified atom stereocenters. The lowest BCUT2D eigenvalue weighted by Gasteiger charge is -2.41. The van der Waals surface area contributed by atoms with Gasteiger partial charge in [-0.25, -0.2) is 0 Å². The molecule has 4 aliphatic heterocycles. The third-order valence-electron chi connectivity index (χ3n) is 23.9. The number of aromatic nitrogens is 2. The molecule has 114 heavy (non-hydrogen) atoms. The molecule has 0 aliphatic carbocycles. The van der Waals surface area contributed by atoms with Crippen LogP contribution in [0, 0.1) is 3.57 Å². The molecule has 18 aromatic rings. The third-order valence-corrected chi connectivity index (χ3v) is 34.3. The Bertz CT molecular complexity index is 6640. The van der Waals surface area contributed by atoms with Crippen LogP contribution in [0.25, 0.3) is 66.1 Å². The van der Waals surface area contributed by atoms with Crippen molar-refractivity contribution in [2.45, 2.75) is 38.5 Å². The lowest BCUT2D eigenvalue weighted by atomic mass is 9.70. The summed E-state index contributed by atoms with van der Waals surface area (Å²) in [5.74, 6) is 6.81. The van der Waals surface area contributed by atoms with Crippen molar-refractivity contribution < 1.29 is 29.0 Å². The van der Waals surface area contributed by atoms with Crippen LogP contribution < -0.4 is 65.9 Å². The van der Waals surface area contributed by atoms with Gasteiger partial charge in [0.2, 0.25) is 0 Å². The summed E-state index contributed by atoms with van der Waals surface area (Å²) in [7, 11) is -7.28. The van der Waals surface area contributed by atoms with E-state index in [1.807, 2.05) is 36.4 Å². The van der Waals surface area contributed by atoms with E-state index in [0.29, 0.717) is 11.2 Å². The normalized spacial score (nSPS) is 14.3. The Hall–Kier alpha value is -12.5. The number of rotatable bonds is 8. The Balaban J connectivity index is 0.000000124. The van der Waals surface area contributed by atoms with Crippen molar-refractivity contribution in [3.63, 3.8) is 0 Å². The fraction of sp³-hybridized carbons (Fsp3) is 0.0588. The van der Waals surface area contributed by atoms with Gasteiger partial charge in [0.15, 0.2) is 16.1 Å². The van der Waals surface area contributed by atoms with E-state index < -0.39 is 23.3 Å². The minimum absolute atomic E-state index is 0.227. The smallest absolute Gasteiger partial charge is 0.457 e. The first-order valence-electron chi connectivity index (χ1n) is 38.8. The Kier molecular flexibility index (Phi) is 17.3. The number of para-hydroxylation sites is 10. The molecule has 548 valence electrons. The maximum atomic E-state index is 9.47. The maximum Gasteiger partial charge on any atom is 0.492 e. The molecule has 0 fully saturated rings. The Labute approximate surface area is 678 Å². The predicted octanol–water partition coefficient (Wildman–Crippen LogP) is 19.0. The van der Waals surface area contributed by atoms with E-state index in [1.54, 1.807) is 6.07 Å². The standard InChI is InChI=1S/C51H37NO2Si.C36H24INOSi.C15H15BO3/c1-51(2)41-25-11-14-29-45(41)53-49-39(24-17-26-42(49)51)40-32-34(52-43-27-12-9-22-37(43)38-23-10-13-28-44(38)52)33-48-50(40)54-46-30-15-16-31-47(46)55(48,35-18-5-3-6-19-35)36-20-7-4-8-21-36;37-30-23-25(38-31-19-9-7-17-28(31)29-18-8-10-20-32(29)38)24-35-36(30)39-33-21-11-12-22-34(33)40(35,26-13-3-1-4-14-26)27-15-5-2-6-16-27;1-15(2)10-6-3-4-9-13(10)19-14-11(15)7-5-8-12(14)16(17)18/h3-33H,1-2H3;1-24H;3-9,17-18H,1-2H3. The summed E-state index contributed by atoms with van der Waals surface area (Å²) in [6.07, 6.45) is 0. The number of fused-ring (bicyclic) bond motifs is 14. The molecule has 16 aromatic carbocycles. The molecule has 2 aromatic heterocycles. The van der Waals surface area contributed by atoms with Gasteiger partial charge in [-0.3, -0.25) is 0 Å². The third kappa shape index (κ3) is 11.0. The fourth-order valence-electron chi connectivity index (χ4n) is 18.8. The van der Waals surface area contributed by atoms with Gasteiger partial charge >= 0.3 is 7.12 Å².